The molecule has 2 aromatic rings. The number of nitrogens with zero attached hydrogens (tertiary/aromatic N) is 2. The molecule has 120 valence electrons. The maximum atomic E-state index is 12.0. The highest BCUT2D eigenvalue weighted by Gasteiger charge is 2.17. The second-order valence-electron chi connectivity index (χ2n) is 4.20. The fraction of sp³-hybridized carbons (Fsp3) is 0.143. The predicted octanol–water partition coefficient (Wildman–Crippen LogP) is 2.85. The number of alkyl halides is 2. The zero-order valence-electron chi connectivity index (χ0n) is 11.5. The molecule has 0 unspecified atom stereocenters. The van der Waals surface area contributed by atoms with Crippen LogP contribution in [0, 0.1) is 10.1 Å². The molecule has 0 atom stereocenters. The van der Waals surface area contributed by atoms with Gasteiger partial charge in [-0.05, 0) is 46.3 Å². The van der Waals surface area contributed by atoms with Crippen molar-refractivity contribution in [1.82, 2.24) is 4.98 Å². The van der Waals surface area contributed by atoms with E-state index in [1.165, 1.54) is 42.6 Å². The molecule has 0 spiro atoms. The summed E-state index contributed by atoms with van der Waals surface area (Å²) >= 11 is 0. The number of aromatic nitrogens is 1. The Morgan fingerprint density at radius 1 is 1.26 bits per heavy atom. The van der Waals surface area contributed by atoms with Gasteiger partial charge in [-0.15, -0.1) is 0 Å². The van der Waals surface area contributed by atoms with Crippen LogP contribution < -0.4 is 9.47 Å². The molecule has 0 aliphatic carbocycles. The molecule has 0 aliphatic rings. The first-order valence-electron chi connectivity index (χ1n) is 6.27. The molecule has 0 N–H and O–H groups in total. The molecule has 1 aromatic heterocycles. The third kappa shape index (κ3) is 4.43. The third-order valence-electron chi connectivity index (χ3n) is 2.68. The lowest BCUT2D eigenvalue weighted by atomic mass is 10.1. The summed E-state index contributed by atoms with van der Waals surface area (Å²) in [6, 6.07) is 7.77. The summed E-state index contributed by atoms with van der Waals surface area (Å²) in [7, 11) is 0. The van der Waals surface area contributed by atoms with Gasteiger partial charge < -0.3 is 19.6 Å². The van der Waals surface area contributed by atoms with E-state index in [-0.39, 0.29) is 17.1 Å². The summed E-state index contributed by atoms with van der Waals surface area (Å²) in [5.41, 5.74) is 0.193. The van der Waals surface area contributed by atoms with Gasteiger partial charge in [-0.3, -0.25) is 4.79 Å². The third-order valence-corrected chi connectivity index (χ3v) is 2.68. The largest absolute Gasteiger partial charge is 0.477 e. The number of nitro groups is 1. The van der Waals surface area contributed by atoms with Crippen LogP contribution in [0.2, 0.25) is 0 Å². The van der Waals surface area contributed by atoms with Gasteiger partial charge in [0, 0.05) is 5.56 Å². The second kappa shape index (κ2) is 7.25. The highest BCUT2D eigenvalue weighted by molar-refractivity contribution is 5.97. The Bertz CT molecular complexity index is 707. The van der Waals surface area contributed by atoms with Crippen molar-refractivity contribution < 1.29 is 28.0 Å². The van der Waals surface area contributed by atoms with Crippen LogP contribution in [-0.2, 0) is 0 Å². The van der Waals surface area contributed by atoms with Crippen LogP contribution in [0.3, 0.4) is 0 Å². The van der Waals surface area contributed by atoms with Crippen LogP contribution >= 0.6 is 0 Å². The molecule has 7 nitrogen and oxygen atoms in total. The lowest BCUT2D eigenvalue weighted by Crippen LogP contribution is -2.12. The molecule has 0 saturated carbocycles. The van der Waals surface area contributed by atoms with Crippen LogP contribution in [0.25, 0.3) is 0 Å². The van der Waals surface area contributed by atoms with Crippen LogP contribution in [-0.4, -0.2) is 28.9 Å². The summed E-state index contributed by atoms with van der Waals surface area (Å²) in [4.78, 5) is 25.5. The normalized spacial score (nSPS) is 10.4. The second-order valence-corrected chi connectivity index (χ2v) is 4.20. The Hall–Kier alpha value is -3.10. The van der Waals surface area contributed by atoms with E-state index in [2.05, 4.69) is 9.72 Å². The minimum Gasteiger partial charge on any atom is -0.477 e. The lowest BCUT2D eigenvalue weighted by Gasteiger charge is -2.07. The SMILES string of the molecule is O=C(COc1cccnc1[N+](=O)[O-])c1ccc(OC(F)F)cc1. The van der Waals surface area contributed by atoms with Crippen molar-refractivity contribution in [2.75, 3.05) is 6.61 Å². The maximum absolute atomic E-state index is 12.0. The topological polar surface area (TPSA) is 91.6 Å². The summed E-state index contributed by atoms with van der Waals surface area (Å²) in [5, 5.41) is 10.8. The molecule has 1 heterocycles. The number of benzene rings is 1. The van der Waals surface area contributed by atoms with Crippen molar-refractivity contribution >= 4 is 11.6 Å². The summed E-state index contributed by atoms with van der Waals surface area (Å²) in [6.07, 6.45) is 1.23. The Morgan fingerprint density at radius 3 is 2.57 bits per heavy atom. The first-order valence-corrected chi connectivity index (χ1v) is 6.27. The average Bonchev–Trinajstić information content (AvgIpc) is 2.53. The highest BCUT2D eigenvalue weighted by atomic mass is 19.3. The van der Waals surface area contributed by atoms with E-state index in [1.807, 2.05) is 0 Å². The molecule has 23 heavy (non-hydrogen) atoms. The number of pyridine rings is 1. The molecular weight excluding hydrogens is 314 g/mol. The van der Waals surface area contributed by atoms with E-state index < -0.39 is 29.7 Å². The van der Waals surface area contributed by atoms with E-state index in [0.717, 1.165) is 0 Å². The molecule has 2 rings (SSSR count). The van der Waals surface area contributed by atoms with E-state index in [9.17, 15) is 23.7 Å². The van der Waals surface area contributed by atoms with Crippen LogP contribution in [0.4, 0.5) is 14.6 Å². The van der Waals surface area contributed by atoms with E-state index in [4.69, 9.17) is 4.74 Å². The molecule has 0 radical (unpaired) electrons. The van der Waals surface area contributed by atoms with Gasteiger partial charge in [0.2, 0.25) is 5.75 Å². The minimum atomic E-state index is -2.95. The van der Waals surface area contributed by atoms with Crippen molar-refractivity contribution in [3.8, 4) is 11.5 Å². The van der Waals surface area contributed by atoms with Gasteiger partial charge >= 0.3 is 12.4 Å². The quantitative estimate of drug-likeness (QED) is 0.442. The molecular formula is C14H10F2N2O5. The molecule has 0 aliphatic heterocycles. The number of hydrogen-bond donors (Lipinski definition) is 0. The summed E-state index contributed by atoms with van der Waals surface area (Å²) in [6.45, 7) is -3.41. The molecule has 9 heteroatoms. The lowest BCUT2D eigenvalue weighted by molar-refractivity contribution is -0.390. The molecule has 0 saturated heterocycles. The standard InChI is InChI=1S/C14H10F2N2O5/c15-14(16)23-10-5-3-9(4-6-10)11(19)8-22-12-2-1-7-17-13(12)18(20)21/h1-7,14H,8H2. The molecule has 0 amide bonds. The van der Waals surface area contributed by atoms with Gasteiger partial charge in [0.1, 0.15) is 11.9 Å². The van der Waals surface area contributed by atoms with Crippen molar-refractivity contribution in [3.63, 3.8) is 0 Å². The fourth-order valence-corrected chi connectivity index (χ4v) is 1.68. The van der Waals surface area contributed by atoms with Gasteiger partial charge in [-0.2, -0.15) is 8.78 Å². The van der Waals surface area contributed by atoms with Crippen molar-refractivity contribution in [3.05, 3.63) is 58.3 Å². The van der Waals surface area contributed by atoms with E-state index in [0.29, 0.717) is 0 Å². The summed E-state index contributed by atoms with van der Waals surface area (Å²) < 4.78 is 33.3. The molecule has 0 bridgehead atoms. The van der Waals surface area contributed by atoms with Crippen LogP contribution in [0.5, 0.6) is 11.5 Å². The van der Waals surface area contributed by atoms with Gasteiger partial charge in [-0.25, -0.2) is 0 Å². The highest BCUT2D eigenvalue weighted by Crippen LogP contribution is 2.23. The molecule has 1 aromatic carbocycles. The number of ether oxygens (including phenoxy) is 2. The Morgan fingerprint density at radius 2 is 1.96 bits per heavy atom. The van der Waals surface area contributed by atoms with Crippen LogP contribution in [0.15, 0.2) is 42.6 Å². The Balaban J connectivity index is 2.01. The predicted molar refractivity (Wildman–Crippen MR) is 73.8 cm³/mol. The van der Waals surface area contributed by atoms with E-state index in [1.54, 1.807) is 0 Å². The van der Waals surface area contributed by atoms with Gasteiger partial charge in [0.05, 0.1) is 0 Å². The smallest absolute Gasteiger partial charge is 0.406 e. The maximum Gasteiger partial charge on any atom is 0.406 e. The van der Waals surface area contributed by atoms with Gasteiger partial charge in [0.15, 0.2) is 12.4 Å². The monoisotopic (exact) mass is 324 g/mol. The van der Waals surface area contributed by atoms with Crippen molar-refractivity contribution in [2.45, 2.75) is 6.61 Å². The first kappa shape index (κ1) is 16.3. The summed E-state index contributed by atoms with van der Waals surface area (Å²) in [5.74, 6) is -1.20. The van der Waals surface area contributed by atoms with Crippen molar-refractivity contribution in [1.29, 1.82) is 0 Å². The first-order chi connectivity index (χ1) is 11.0. The number of carbonyl (C=O) groups is 1. The number of halogens is 2. The Kier molecular flexibility index (Phi) is 5.13. The van der Waals surface area contributed by atoms with Gasteiger partial charge in [0.25, 0.3) is 0 Å². The zero-order valence-corrected chi connectivity index (χ0v) is 11.5. The number of hydrogen-bond acceptors (Lipinski definition) is 6. The molecule has 0 fully saturated rings. The van der Waals surface area contributed by atoms with Crippen molar-refractivity contribution in [2.24, 2.45) is 0 Å². The number of carbonyl (C=O) groups excluding carboxylic acids is 1. The number of ketones is 1. The Labute approximate surface area is 128 Å². The van der Waals surface area contributed by atoms with Gasteiger partial charge in [-0.1, -0.05) is 0 Å². The van der Waals surface area contributed by atoms with Crippen LogP contribution in [0.1, 0.15) is 10.4 Å². The fourth-order valence-electron chi connectivity index (χ4n) is 1.68. The number of Topliss-reactive ketones (excluding diaryl/α,β-unsaturated/α-hetero) is 1. The minimum absolute atomic E-state index is 0.0830. The number of rotatable bonds is 7. The van der Waals surface area contributed by atoms with E-state index >= 15 is 0 Å². The average molecular weight is 324 g/mol. The zero-order chi connectivity index (χ0) is 16.8.